The lowest BCUT2D eigenvalue weighted by Crippen LogP contribution is -2.34. The molecule has 0 aliphatic rings. The zero-order valence-electron chi connectivity index (χ0n) is 14.8. The van der Waals surface area contributed by atoms with Gasteiger partial charge in [-0.1, -0.05) is 17.8 Å². The molecule has 0 saturated heterocycles. The largest absolute Gasteiger partial charge is 0.495 e. The quantitative estimate of drug-likeness (QED) is 0.589. The number of benzene rings is 1. The average molecular weight is 386 g/mol. The molecule has 3 rings (SSSR count). The molecule has 1 aromatic carbocycles. The standard InChI is InChI=1S/C17H18N6O3S/c1-11-4-5-13(26-2)12(8-11)20-14(24)9-19-15(25)10-27-17-21-16-18-6-3-7-23(16)22-17/h3-8H,9-10H2,1-2H3,(H,19,25)(H,20,24). The van der Waals surface area contributed by atoms with Gasteiger partial charge in [0.05, 0.1) is 25.1 Å². The van der Waals surface area contributed by atoms with E-state index in [9.17, 15) is 9.59 Å². The molecule has 0 fully saturated rings. The van der Waals surface area contributed by atoms with Crippen molar-refractivity contribution in [3.05, 3.63) is 42.2 Å². The number of carbonyl (C=O) groups is 2. The molecular formula is C17H18N6O3S. The summed E-state index contributed by atoms with van der Waals surface area (Å²) in [5.74, 6) is 0.484. The van der Waals surface area contributed by atoms with E-state index in [1.165, 1.54) is 23.4 Å². The highest BCUT2D eigenvalue weighted by Gasteiger charge is 2.11. The normalized spacial score (nSPS) is 10.6. The molecule has 0 spiro atoms. The number of fused-ring (bicyclic) bond motifs is 1. The number of thioether (sulfide) groups is 1. The van der Waals surface area contributed by atoms with E-state index < -0.39 is 0 Å². The van der Waals surface area contributed by atoms with Gasteiger partial charge < -0.3 is 15.4 Å². The third-order valence-corrected chi connectivity index (χ3v) is 4.34. The van der Waals surface area contributed by atoms with Crippen LogP contribution in [0.15, 0.2) is 41.8 Å². The number of aromatic nitrogens is 4. The maximum absolute atomic E-state index is 12.1. The van der Waals surface area contributed by atoms with E-state index in [0.717, 1.165) is 5.56 Å². The van der Waals surface area contributed by atoms with Crippen LogP contribution in [0.3, 0.4) is 0 Å². The SMILES string of the molecule is COc1ccc(C)cc1NC(=O)CNC(=O)CSc1nc2ncccn2n1. The van der Waals surface area contributed by atoms with Crippen molar-refractivity contribution in [3.63, 3.8) is 0 Å². The Labute approximate surface area is 159 Å². The smallest absolute Gasteiger partial charge is 0.253 e. The number of ether oxygens (including phenoxy) is 1. The van der Waals surface area contributed by atoms with E-state index in [-0.39, 0.29) is 24.1 Å². The van der Waals surface area contributed by atoms with Crippen molar-refractivity contribution in [2.75, 3.05) is 24.7 Å². The van der Waals surface area contributed by atoms with Crippen molar-refractivity contribution in [2.45, 2.75) is 12.1 Å². The summed E-state index contributed by atoms with van der Waals surface area (Å²) in [7, 11) is 1.53. The average Bonchev–Trinajstić information content (AvgIpc) is 3.08. The monoisotopic (exact) mass is 386 g/mol. The zero-order chi connectivity index (χ0) is 19.2. The Morgan fingerprint density at radius 2 is 2.15 bits per heavy atom. The van der Waals surface area contributed by atoms with Gasteiger partial charge in [-0.05, 0) is 30.7 Å². The van der Waals surface area contributed by atoms with Crippen molar-refractivity contribution < 1.29 is 14.3 Å². The first-order valence-corrected chi connectivity index (χ1v) is 9.05. The van der Waals surface area contributed by atoms with Crippen molar-refractivity contribution >= 4 is 35.0 Å². The molecule has 0 radical (unpaired) electrons. The Morgan fingerprint density at radius 3 is 2.93 bits per heavy atom. The van der Waals surface area contributed by atoms with Gasteiger partial charge in [0.25, 0.3) is 5.78 Å². The molecular weight excluding hydrogens is 368 g/mol. The molecule has 27 heavy (non-hydrogen) atoms. The van der Waals surface area contributed by atoms with Gasteiger partial charge in [-0.25, -0.2) is 9.50 Å². The number of carbonyl (C=O) groups excluding carboxylic acids is 2. The highest BCUT2D eigenvalue weighted by Crippen LogP contribution is 2.24. The van der Waals surface area contributed by atoms with Gasteiger partial charge in [-0.2, -0.15) is 4.98 Å². The minimum atomic E-state index is -0.340. The van der Waals surface area contributed by atoms with E-state index in [2.05, 4.69) is 25.7 Å². The highest BCUT2D eigenvalue weighted by atomic mass is 32.2. The molecule has 0 saturated carbocycles. The van der Waals surface area contributed by atoms with Crippen LogP contribution in [0.4, 0.5) is 5.69 Å². The van der Waals surface area contributed by atoms with Crippen LogP contribution >= 0.6 is 11.8 Å². The molecule has 0 bridgehead atoms. The summed E-state index contributed by atoms with van der Waals surface area (Å²) in [6.07, 6.45) is 3.34. The molecule has 140 valence electrons. The number of aryl methyl sites for hydroxylation is 1. The first kappa shape index (κ1) is 18.6. The number of amides is 2. The Bertz CT molecular complexity index is 941. The highest BCUT2D eigenvalue weighted by molar-refractivity contribution is 7.99. The van der Waals surface area contributed by atoms with Crippen LogP contribution in [0.5, 0.6) is 5.75 Å². The van der Waals surface area contributed by atoms with Crippen LogP contribution in [0, 0.1) is 6.92 Å². The summed E-state index contributed by atoms with van der Waals surface area (Å²) < 4.78 is 6.74. The number of hydrogen-bond donors (Lipinski definition) is 2. The fraction of sp³-hybridized carbons (Fsp3) is 0.235. The first-order chi connectivity index (χ1) is 13.0. The van der Waals surface area contributed by atoms with Crippen molar-refractivity contribution in [2.24, 2.45) is 0 Å². The Hall–Kier alpha value is -3.14. The van der Waals surface area contributed by atoms with E-state index >= 15 is 0 Å². The van der Waals surface area contributed by atoms with E-state index in [1.807, 2.05) is 13.0 Å². The van der Waals surface area contributed by atoms with Crippen LogP contribution in [0.1, 0.15) is 5.56 Å². The minimum Gasteiger partial charge on any atom is -0.495 e. The molecule has 9 nitrogen and oxygen atoms in total. The van der Waals surface area contributed by atoms with Gasteiger partial charge >= 0.3 is 0 Å². The molecule has 2 aromatic heterocycles. The summed E-state index contributed by atoms with van der Waals surface area (Å²) in [6.45, 7) is 1.77. The van der Waals surface area contributed by atoms with Gasteiger partial charge in [-0.3, -0.25) is 9.59 Å². The Morgan fingerprint density at radius 1 is 1.30 bits per heavy atom. The van der Waals surface area contributed by atoms with Gasteiger partial charge in [0, 0.05) is 12.4 Å². The summed E-state index contributed by atoms with van der Waals surface area (Å²) in [5, 5.41) is 9.93. The lowest BCUT2D eigenvalue weighted by Gasteiger charge is -2.11. The van der Waals surface area contributed by atoms with Gasteiger partial charge in [0.2, 0.25) is 17.0 Å². The molecule has 0 aliphatic carbocycles. The van der Waals surface area contributed by atoms with Crippen LogP contribution in [-0.2, 0) is 9.59 Å². The Balaban J connectivity index is 1.47. The molecule has 0 unspecified atom stereocenters. The topological polar surface area (TPSA) is 111 Å². The van der Waals surface area contributed by atoms with Crippen molar-refractivity contribution in [3.8, 4) is 5.75 Å². The lowest BCUT2D eigenvalue weighted by atomic mass is 10.2. The molecule has 3 aromatic rings. The van der Waals surface area contributed by atoms with Crippen LogP contribution in [0.2, 0.25) is 0 Å². The minimum absolute atomic E-state index is 0.0952. The van der Waals surface area contributed by atoms with E-state index in [0.29, 0.717) is 22.4 Å². The van der Waals surface area contributed by atoms with E-state index in [1.54, 1.807) is 30.6 Å². The summed E-state index contributed by atoms with van der Waals surface area (Å²) >= 11 is 1.17. The summed E-state index contributed by atoms with van der Waals surface area (Å²) in [4.78, 5) is 32.3. The number of rotatable bonds is 7. The second-order valence-corrected chi connectivity index (χ2v) is 6.52. The van der Waals surface area contributed by atoms with Crippen LogP contribution in [-0.4, -0.2) is 50.8 Å². The maximum atomic E-state index is 12.1. The molecule has 2 amide bonds. The molecule has 0 atom stereocenters. The second-order valence-electron chi connectivity index (χ2n) is 5.58. The van der Waals surface area contributed by atoms with E-state index in [4.69, 9.17) is 4.74 Å². The first-order valence-electron chi connectivity index (χ1n) is 8.06. The van der Waals surface area contributed by atoms with Gasteiger partial charge in [0.15, 0.2) is 0 Å². The third kappa shape index (κ3) is 4.94. The van der Waals surface area contributed by atoms with Crippen molar-refractivity contribution in [1.29, 1.82) is 0 Å². The molecule has 2 N–H and O–H groups in total. The predicted octanol–water partition coefficient (Wildman–Crippen LogP) is 1.29. The molecule has 0 aliphatic heterocycles. The summed E-state index contributed by atoms with van der Waals surface area (Å²) in [5.41, 5.74) is 1.55. The predicted molar refractivity (Wildman–Crippen MR) is 101 cm³/mol. The zero-order valence-corrected chi connectivity index (χ0v) is 15.6. The third-order valence-electron chi connectivity index (χ3n) is 3.50. The number of anilines is 1. The second kappa shape index (κ2) is 8.49. The van der Waals surface area contributed by atoms with Gasteiger partial charge in [0.1, 0.15) is 5.75 Å². The van der Waals surface area contributed by atoms with Crippen LogP contribution < -0.4 is 15.4 Å². The number of nitrogens with zero attached hydrogens (tertiary/aromatic N) is 4. The summed E-state index contributed by atoms with van der Waals surface area (Å²) in [6, 6.07) is 7.20. The molecule has 2 heterocycles. The fourth-order valence-corrected chi connectivity index (χ4v) is 2.90. The number of hydrogen-bond acceptors (Lipinski definition) is 7. The maximum Gasteiger partial charge on any atom is 0.253 e. The van der Waals surface area contributed by atoms with Crippen molar-refractivity contribution in [1.82, 2.24) is 24.9 Å². The van der Waals surface area contributed by atoms with Crippen LogP contribution in [0.25, 0.3) is 5.78 Å². The Kier molecular flexibility index (Phi) is 5.87. The number of nitrogens with one attached hydrogen (secondary N) is 2. The van der Waals surface area contributed by atoms with Gasteiger partial charge in [-0.15, -0.1) is 5.10 Å². The molecule has 10 heteroatoms. The fourth-order valence-electron chi connectivity index (χ4n) is 2.25. The lowest BCUT2D eigenvalue weighted by molar-refractivity contribution is -0.122. The number of methoxy groups -OCH3 is 1.